The second-order valence-corrected chi connectivity index (χ2v) is 7.62. The van der Waals surface area contributed by atoms with Crippen molar-refractivity contribution >= 4 is 31.8 Å². The summed E-state index contributed by atoms with van der Waals surface area (Å²) in [5.41, 5.74) is 0. The molecule has 1 aliphatic carbocycles. The predicted octanol–water partition coefficient (Wildman–Crippen LogP) is 2.12. The minimum Gasteiger partial charge on any atom is -0.381 e. The summed E-state index contributed by atoms with van der Waals surface area (Å²) in [4.78, 5) is 4.30. The van der Waals surface area contributed by atoms with E-state index < -0.39 is 10.0 Å². The zero-order chi connectivity index (χ0) is 15.5. The van der Waals surface area contributed by atoms with Crippen molar-refractivity contribution < 1.29 is 13.2 Å². The van der Waals surface area contributed by atoms with Gasteiger partial charge in [0.2, 0.25) is 10.0 Å². The Kier molecular flexibility index (Phi) is 5.59. The van der Waals surface area contributed by atoms with Gasteiger partial charge in [-0.1, -0.05) is 0 Å². The monoisotopic (exact) mass is 377 g/mol. The highest BCUT2D eigenvalue weighted by atomic mass is 79.9. The fourth-order valence-electron chi connectivity index (χ4n) is 2.47. The molecule has 0 radical (unpaired) electrons. The molecule has 1 aliphatic rings. The molecule has 0 spiro atoms. The van der Waals surface area contributed by atoms with E-state index in [1.165, 1.54) is 0 Å². The van der Waals surface area contributed by atoms with E-state index in [2.05, 4.69) is 31.0 Å². The summed E-state index contributed by atoms with van der Waals surface area (Å²) >= 11 is 3.27. The molecule has 0 aromatic carbocycles. The number of hydrogen-bond donors (Lipinski definition) is 2. The lowest BCUT2D eigenvalue weighted by atomic mass is 10.3. The number of anilines is 1. The largest absolute Gasteiger partial charge is 0.381 e. The van der Waals surface area contributed by atoms with E-state index >= 15 is 0 Å². The molecule has 1 heterocycles. The molecule has 2 N–H and O–H groups in total. The van der Waals surface area contributed by atoms with E-state index in [1.54, 1.807) is 19.4 Å². The number of aromatic nitrogens is 1. The van der Waals surface area contributed by atoms with Crippen molar-refractivity contribution in [3.05, 3.63) is 16.7 Å². The highest BCUT2D eigenvalue weighted by Crippen LogP contribution is 2.26. The van der Waals surface area contributed by atoms with Crippen LogP contribution in [0.3, 0.4) is 0 Å². The molecular formula is C13H20BrN3O3S. The van der Waals surface area contributed by atoms with Gasteiger partial charge in [-0.15, -0.1) is 0 Å². The molecule has 0 amide bonds. The smallest absolute Gasteiger partial charge is 0.244 e. The van der Waals surface area contributed by atoms with Gasteiger partial charge in [0.25, 0.3) is 0 Å². The second-order valence-electron chi connectivity index (χ2n) is 5.02. The third kappa shape index (κ3) is 4.15. The summed E-state index contributed by atoms with van der Waals surface area (Å²) in [6, 6.07) is 1.48. The third-order valence-electron chi connectivity index (χ3n) is 3.49. The highest BCUT2D eigenvalue weighted by Gasteiger charge is 2.30. The van der Waals surface area contributed by atoms with Gasteiger partial charge in [-0.05, 0) is 48.2 Å². The average Bonchev–Trinajstić information content (AvgIpc) is 2.88. The molecule has 0 bridgehead atoms. The van der Waals surface area contributed by atoms with Crippen LogP contribution in [0.2, 0.25) is 0 Å². The van der Waals surface area contributed by atoms with Gasteiger partial charge in [0.15, 0.2) is 0 Å². The number of nitrogens with one attached hydrogen (secondary N) is 2. The first-order valence-corrected chi connectivity index (χ1v) is 9.18. The lowest BCUT2D eigenvalue weighted by Crippen LogP contribution is -2.34. The topological polar surface area (TPSA) is 80.3 Å². The number of methoxy groups -OCH3 is 1. The van der Waals surface area contributed by atoms with Crippen LogP contribution in [0.4, 0.5) is 5.82 Å². The summed E-state index contributed by atoms with van der Waals surface area (Å²) in [7, 11) is -1.96. The molecule has 2 atom stereocenters. The minimum absolute atomic E-state index is 0.0894. The van der Waals surface area contributed by atoms with Crippen LogP contribution < -0.4 is 10.0 Å². The molecule has 8 heteroatoms. The van der Waals surface area contributed by atoms with Crippen LogP contribution in [0.25, 0.3) is 0 Å². The van der Waals surface area contributed by atoms with Crippen LogP contribution in [-0.4, -0.2) is 39.2 Å². The van der Waals surface area contributed by atoms with Crippen molar-refractivity contribution in [2.75, 3.05) is 19.0 Å². The van der Waals surface area contributed by atoms with Crippen molar-refractivity contribution in [3.63, 3.8) is 0 Å². The predicted molar refractivity (Wildman–Crippen MR) is 84.9 cm³/mol. The molecular weight excluding hydrogens is 358 g/mol. The van der Waals surface area contributed by atoms with E-state index in [9.17, 15) is 8.42 Å². The summed E-state index contributed by atoms with van der Waals surface area (Å²) < 4.78 is 33.8. The van der Waals surface area contributed by atoms with Crippen LogP contribution in [0.15, 0.2) is 21.6 Å². The molecule has 1 aromatic heterocycles. The summed E-state index contributed by atoms with van der Waals surface area (Å²) in [6.07, 6.45) is 4.07. The number of pyridine rings is 1. The quantitative estimate of drug-likeness (QED) is 0.793. The molecule has 2 rings (SSSR count). The van der Waals surface area contributed by atoms with Gasteiger partial charge in [0.1, 0.15) is 10.7 Å². The zero-order valence-corrected chi connectivity index (χ0v) is 14.5. The molecule has 0 saturated heterocycles. The van der Waals surface area contributed by atoms with Crippen LogP contribution in [-0.2, 0) is 14.8 Å². The van der Waals surface area contributed by atoms with Crippen molar-refractivity contribution in [3.8, 4) is 0 Å². The SMILES string of the molecule is CCNc1ncc(Br)cc1S(=O)(=O)NC1CCC(OC)C1. The first kappa shape index (κ1) is 16.7. The van der Waals surface area contributed by atoms with Gasteiger partial charge in [-0.2, -0.15) is 0 Å². The lowest BCUT2D eigenvalue weighted by Gasteiger charge is -2.16. The number of ether oxygens (including phenoxy) is 1. The van der Waals surface area contributed by atoms with Crippen LogP contribution in [0.1, 0.15) is 26.2 Å². The van der Waals surface area contributed by atoms with E-state index in [-0.39, 0.29) is 17.0 Å². The Bertz CT molecular complexity index is 594. The number of halogens is 1. The number of sulfonamides is 1. The highest BCUT2D eigenvalue weighted by molar-refractivity contribution is 9.10. The molecule has 1 fully saturated rings. The van der Waals surface area contributed by atoms with Crippen molar-refractivity contribution in [2.45, 2.75) is 43.2 Å². The molecule has 118 valence electrons. The molecule has 21 heavy (non-hydrogen) atoms. The Labute approximate surface area is 133 Å². The Morgan fingerprint density at radius 3 is 2.86 bits per heavy atom. The minimum atomic E-state index is -3.61. The molecule has 1 aromatic rings. The van der Waals surface area contributed by atoms with Gasteiger partial charge in [-0.25, -0.2) is 18.1 Å². The normalized spacial score (nSPS) is 22.4. The summed E-state index contributed by atoms with van der Waals surface area (Å²) in [6.45, 7) is 2.50. The van der Waals surface area contributed by atoms with Gasteiger partial charge in [-0.3, -0.25) is 0 Å². The number of hydrogen-bond acceptors (Lipinski definition) is 5. The van der Waals surface area contributed by atoms with E-state index in [4.69, 9.17) is 4.74 Å². The van der Waals surface area contributed by atoms with Crippen LogP contribution >= 0.6 is 15.9 Å². The fourth-order valence-corrected chi connectivity index (χ4v) is 4.39. The van der Waals surface area contributed by atoms with Crippen LogP contribution in [0.5, 0.6) is 0 Å². The maximum atomic E-state index is 12.6. The summed E-state index contributed by atoms with van der Waals surface area (Å²) in [5, 5.41) is 2.98. The van der Waals surface area contributed by atoms with Crippen LogP contribution in [0, 0.1) is 0 Å². The Balaban J connectivity index is 2.21. The van der Waals surface area contributed by atoms with Gasteiger partial charge < -0.3 is 10.1 Å². The van der Waals surface area contributed by atoms with Gasteiger partial charge in [0, 0.05) is 30.4 Å². The number of nitrogens with zero attached hydrogens (tertiary/aromatic N) is 1. The van der Waals surface area contributed by atoms with E-state index in [0.717, 1.165) is 12.8 Å². The first-order valence-electron chi connectivity index (χ1n) is 6.90. The molecule has 6 nitrogen and oxygen atoms in total. The average molecular weight is 378 g/mol. The summed E-state index contributed by atoms with van der Waals surface area (Å²) in [5.74, 6) is 0.370. The second kappa shape index (κ2) is 7.04. The zero-order valence-electron chi connectivity index (χ0n) is 12.1. The number of rotatable bonds is 6. The van der Waals surface area contributed by atoms with Crippen molar-refractivity contribution in [1.82, 2.24) is 9.71 Å². The third-order valence-corrected chi connectivity index (χ3v) is 5.46. The maximum Gasteiger partial charge on any atom is 0.244 e. The van der Waals surface area contributed by atoms with Gasteiger partial charge >= 0.3 is 0 Å². The Morgan fingerprint density at radius 1 is 1.48 bits per heavy atom. The molecule has 2 unspecified atom stereocenters. The Hall–Kier alpha value is -0.700. The maximum absolute atomic E-state index is 12.6. The Morgan fingerprint density at radius 2 is 2.24 bits per heavy atom. The van der Waals surface area contributed by atoms with E-state index in [1.807, 2.05) is 6.92 Å². The van der Waals surface area contributed by atoms with Crippen molar-refractivity contribution in [2.24, 2.45) is 0 Å². The van der Waals surface area contributed by atoms with Gasteiger partial charge in [0.05, 0.1) is 6.10 Å². The van der Waals surface area contributed by atoms with Crippen molar-refractivity contribution in [1.29, 1.82) is 0 Å². The first-order chi connectivity index (χ1) is 9.96. The standard InChI is InChI=1S/C13H20BrN3O3S/c1-3-15-13-12(6-9(14)8-16-13)21(18,19)17-10-4-5-11(7-10)20-2/h6,8,10-11,17H,3-5,7H2,1-2H3,(H,15,16). The lowest BCUT2D eigenvalue weighted by molar-refractivity contribution is 0.107. The molecule has 0 aliphatic heterocycles. The fraction of sp³-hybridized carbons (Fsp3) is 0.615. The molecule has 1 saturated carbocycles. The van der Waals surface area contributed by atoms with E-state index in [0.29, 0.717) is 23.3 Å².